The molecule has 0 aliphatic heterocycles. The summed E-state index contributed by atoms with van der Waals surface area (Å²) in [6, 6.07) is 7.62. The molecule has 28 heteroatoms. The van der Waals surface area contributed by atoms with Gasteiger partial charge in [0.1, 0.15) is 4.90 Å². The number of halogens is 2. The standard InChI is InChI=1S/C25H17Cl2N7O14S4.Cu/c26-15-7-14(51(43,44)45)9-17(21(15)35)33-34-20-18(52(46,47)48)5-10-4-13(50(40,41)42)8-16(19(10)22(20)36)29-25-31-23(27)30-24(32-25)28-11-2-1-3-12(6-11)49(37,38)39;/h1-9,35-36H,(H,37,38,39)(H,40,41,42)(H,43,44,45)(H,46,47,48)(H2,28,29,30,31,32);/q;+2/p-2. The second-order valence-electron chi connectivity index (χ2n) is 10.0. The van der Waals surface area contributed by atoms with E-state index in [1.165, 1.54) is 12.1 Å². The minimum atomic E-state index is -5.41. The largest absolute Gasteiger partial charge is 2.00 e. The number of azo groups is 1. The minimum Gasteiger partial charge on any atom is -0.870 e. The van der Waals surface area contributed by atoms with E-state index in [0.717, 1.165) is 12.1 Å². The van der Waals surface area contributed by atoms with Crippen molar-refractivity contribution in [3.8, 4) is 11.5 Å². The number of anilines is 4. The zero-order valence-corrected chi connectivity index (χ0v) is 30.7. The molecule has 5 rings (SSSR count). The number of hydrogen-bond acceptors (Lipinski definition) is 17. The van der Waals surface area contributed by atoms with Crippen LogP contribution in [0.4, 0.5) is 34.6 Å². The van der Waals surface area contributed by atoms with Crippen LogP contribution < -0.4 is 20.8 Å². The van der Waals surface area contributed by atoms with Gasteiger partial charge in [0.05, 0.1) is 26.1 Å². The number of rotatable bonds is 10. The molecule has 0 fully saturated rings. The third-order valence-corrected chi connectivity index (χ3v) is 10.3. The Morgan fingerprint density at radius 2 is 1.23 bits per heavy atom. The SMILES string of the molecule is O=S(=O)(O)c1cccc(Nc2nc(Cl)nc(Nc3cc(S(=O)(=O)O)cc4cc(S(=O)(=O)O)c(N=Nc5cc(S(=O)(=O)O)cc(Cl)c5[O-])c([O-])c34)n2)c1.[Cu+2]. The van der Waals surface area contributed by atoms with Crippen molar-refractivity contribution in [1.29, 1.82) is 0 Å². The molecule has 0 aliphatic rings. The van der Waals surface area contributed by atoms with Gasteiger partial charge < -0.3 is 20.8 Å². The van der Waals surface area contributed by atoms with Crippen molar-refractivity contribution >= 4 is 109 Å². The number of aromatic nitrogens is 3. The Morgan fingerprint density at radius 3 is 1.81 bits per heavy atom. The van der Waals surface area contributed by atoms with Crippen molar-refractivity contribution in [3.05, 3.63) is 64.9 Å². The molecule has 1 aromatic heterocycles. The van der Waals surface area contributed by atoms with E-state index in [9.17, 15) is 62.1 Å². The first-order valence-corrected chi connectivity index (χ1v) is 19.6. The summed E-state index contributed by atoms with van der Waals surface area (Å²) in [5.74, 6) is -3.53. The van der Waals surface area contributed by atoms with E-state index in [1.807, 2.05) is 0 Å². The van der Waals surface area contributed by atoms with Crippen LogP contribution in [0.3, 0.4) is 0 Å². The Morgan fingerprint density at radius 1 is 0.642 bits per heavy atom. The predicted molar refractivity (Wildman–Crippen MR) is 176 cm³/mol. The van der Waals surface area contributed by atoms with Gasteiger partial charge in [0, 0.05) is 16.4 Å². The number of hydrogen-bond donors (Lipinski definition) is 6. The van der Waals surface area contributed by atoms with Crippen LogP contribution >= 0.6 is 23.2 Å². The summed E-state index contributed by atoms with van der Waals surface area (Å²) < 4.78 is 134. The van der Waals surface area contributed by atoms with Gasteiger partial charge in [-0.25, -0.2) is 0 Å². The molecule has 1 heterocycles. The smallest absolute Gasteiger partial charge is 0.870 e. The molecule has 5 aromatic rings. The summed E-state index contributed by atoms with van der Waals surface area (Å²) in [6.45, 7) is 0. The topological polar surface area (TPSA) is 351 Å². The third kappa shape index (κ3) is 9.44. The minimum absolute atomic E-state index is 0. The molecule has 0 unspecified atom stereocenters. The van der Waals surface area contributed by atoms with Gasteiger partial charge in [0.25, 0.3) is 40.5 Å². The monoisotopic (exact) mass is 898 g/mol. The Kier molecular flexibility index (Phi) is 11.6. The van der Waals surface area contributed by atoms with Crippen molar-refractivity contribution < 1.29 is 79.2 Å². The van der Waals surface area contributed by atoms with Crippen LogP contribution in [0.25, 0.3) is 10.8 Å². The quantitative estimate of drug-likeness (QED) is 0.0664. The van der Waals surface area contributed by atoms with Gasteiger partial charge in [0.2, 0.25) is 17.2 Å². The fraction of sp³-hybridized carbons (Fsp3) is 0. The summed E-state index contributed by atoms with van der Waals surface area (Å²) in [7, 11) is -20.1. The van der Waals surface area contributed by atoms with Crippen molar-refractivity contribution in [1.82, 2.24) is 15.0 Å². The van der Waals surface area contributed by atoms with Crippen molar-refractivity contribution in [2.24, 2.45) is 10.2 Å². The fourth-order valence-electron chi connectivity index (χ4n) is 4.31. The molecule has 0 amide bonds. The summed E-state index contributed by atoms with van der Waals surface area (Å²) in [5, 5.41) is 35.8. The zero-order chi connectivity index (χ0) is 38.6. The van der Waals surface area contributed by atoms with Crippen molar-refractivity contribution in [2.45, 2.75) is 19.6 Å². The van der Waals surface area contributed by atoms with Gasteiger partial charge >= 0.3 is 17.1 Å². The number of nitrogens with zero attached hydrogens (tertiary/aromatic N) is 5. The van der Waals surface area contributed by atoms with E-state index < -0.39 is 116 Å². The molecule has 0 atom stereocenters. The van der Waals surface area contributed by atoms with Crippen molar-refractivity contribution in [3.63, 3.8) is 0 Å². The molecule has 6 N–H and O–H groups in total. The van der Waals surface area contributed by atoms with Gasteiger partial charge in [-0.2, -0.15) is 53.7 Å². The third-order valence-electron chi connectivity index (χ3n) is 6.48. The predicted octanol–water partition coefficient (Wildman–Crippen LogP) is 3.37. The molecule has 0 aliphatic carbocycles. The fourth-order valence-corrected chi connectivity index (χ4v) is 7.00. The Labute approximate surface area is 318 Å². The summed E-state index contributed by atoms with van der Waals surface area (Å²) in [6.07, 6.45) is 0. The summed E-state index contributed by atoms with van der Waals surface area (Å²) >= 11 is 11.7. The van der Waals surface area contributed by atoms with Gasteiger partial charge in [-0.3, -0.25) is 18.2 Å². The second kappa shape index (κ2) is 14.8. The van der Waals surface area contributed by atoms with E-state index in [1.54, 1.807) is 0 Å². The van der Waals surface area contributed by atoms with Crippen molar-refractivity contribution in [2.75, 3.05) is 10.6 Å². The molecule has 0 saturated carbocycles. The average Bonchev–Trinajstić information content (AvgIpc) is 3.00. The van der Waals surface area contributed by atoms with E-state index in [-0.39, 0.29) is 28.7 Å². The van der Waals surface area contributed by atoms with Gasteiger partial charge in [-0.05, 0) is 70.9 Å². The molecular weight excluding hydrogens is 885 g/mol. The van der Waals surface area contributed by atoms with Gasteiger partial charge in [0.15, 0.2) is 0 Å². The Bertz CT molecular complexity index is 2810. The van der Waals surface area contributed by atoms with Crippen LogP contribution in [0.5, 0.6) is 11.5 Å². The molecule has 0 saturated heterocycles. The van der Waals surface area contributed by atoms with Crippen LogP contribution in [0.1, 0.15) is 0 Å². The molecule has 4 aromatic carbocycles. The van der Waals surface area contributed by atoms with Crippen LogP contribution in [-0.4, -0.2) is 66.8 Å². The maximum Gasteiger partial charge on any atom is 2.00 e. The van der Waals surface area contributed by atoms with Crippen LogP contribution in [0, 0.1) is 0 Å². The summed E-state index contributed by atoms with van der Waals surface area (Å²) in [4.78, 5) is 7.96. The molecule has 21 nitrogen and oxygen atoms in total. The Hall–Kier alpha value is -4.31. The molecule has 53 heavy (non-hydrogen) atoms. The maximum atomic E-state index is 13.9. The van der Waals surface area contributed by atoms with E-state index in [4.69, 9.17) is 23.2 Å². The molecular formula is C25H15Cl2CuN7O14S4. The van der Waals surface area contributed by atoms with E-state index in [0.29, 0.717) is 30.3 Å². The molecule has 1 radical (unpaired) electrons. The van der Waals surface area contributed by atoms with Crippen LogP contribution in [0.2, 0.25) is 10.3 Å². The molecule has 283 valence electrons. The maximum absolute atomic E-state index is 13.9. The van der Waals surface area contributed by atoms with Gasteiger partial charge in [-0.1, -0.05) is 29.2 Å². The molecule has 0 spiro atoms. The Balaban J connectivity index is 0.00000627. The number of nitrogens with one attached hydrogen (secondary N) is 2. The van der Waals surface area contributed by atoms with Crippen LogP contribution in [0.15, 0.2) is 84.4 Å². The normalized spacial score (nSPS) is 12.5. The number of fused-ring (bicyclic) bond motifs is 1. The first kappa shape index (κ1) is 41.4. The zero-order valence-electron chi connectivity index (χ0n) is 25.0. The molecule has 0 bridgehead atoms. The summed E-state index contributed by atoms with van der Waals surface area (Å²) in [5.41, 5.74) is -2.68. The first-order valence-electron chi connectivity index (χ1n) is 13.1. The number of benzene rings is 4. The van der Waals surface area contributed by atoms with E-state index >= 15 is 0 Å². The van der Waals surface area contributed by atoms with Gasteiger partial charge in [-0.15, -0.1) is 5.11 Å². The average molecular weight is 900 g/mol. The first-order chi connectivity index (χ1) is 23.9. The van der Waals surface area contributed by atoms with E-state index in [2.05, 4.69) is 35.8 Å². The second-order valence-corrected chi connectivity index (χ2v) is 16.4. The van der Waals surface area contributed by atoms with Crippen LogP contribution in [-0.2, 0) is 57.5 Å².